The number of nitrogens with zero attached hydrogens (tertiary/aromatic N) is 1. The van der Waals surface area contributed by atoms with Crippen molar-refractivity contribution in [2.24, 2.45) is 11.7 Å². The Balaban J connectivity index is 0.00000133. The topological polar surface area (TPSA) is 83.8 Å². The highest BCUT2D eigenvalue weighted by Crippen LogP contribution is 2.30. The molecule has 0 spiro atoms. The van der Waals surface area contributed by atoms with Gasteiger partial charge in [0.2, 0.25) is 5.91 Å². The predicted octanol–water partition coefficient (Wildman–Crippen LogP) is 1.45. The molecule has 0 aromatic carbocycles. The Kier molecular flexibility index (Phi) is 4.47. The quantitative estimate of drug-likeness (QED) is 0.769. The second-order valence-corrected chi connectivity index (χ2v) is 5.53. The van der Waals surface area contributed by atoms with Crippen LogP contribution in [-0.2, 0) is 11.2 Å². The van der Waals surface area contributed by atoms with Gasteiger partial charge in [-0.3, -0.25) is 9.89 Å². The van der Waals surface area contributed by atoms with E-state index < -0.39 is 0 Å². The first-order chi connectivity index (χ1) is 8.74. The molecule has 19 heavy (non-hydrogen) atoms. The maximum atomic E-state index is 12.2. The molecule has 1 aromatic rings. The Morgan fingerprint density at radius 2 is 2.26 bits per heavy atom. The molecule has 3 atom stereocenters. The summed E-state index contributed by atoms with van der Waals surface area (Å²) in [5, 5.41) is 10.3. The highest BCUT2D eigenvalue weighted by molar-refractivity contribution is 5.85. The number of halogens is 1. The van der Waals surface area contributed by atoms with Crippen LogP contribution in [0.3, 0.4) is 0 Å². The van der Waals surface area contributed by atoms with Crippen molar-refractivity contribution in [3.63, 3.8) is 0 Å². The minimum Gasteiger partial charge on any atom is -0.348 e. The van der Waals surface area contributed by atoms with Gasteiger partial charge >= 0.3 is 0 Å². The van der Waals surface area contributed by atoms with E-state index in [0.29, 0.717) is 0 Å². The van der Waals surface area contributed by atoms with Crippen LogP contribution in [0.5, 0.6) is 0 Å². The van der Waals surface area contributed by atoms with Crippen LogP contribution in [0.4, 0.5) is 0 Å². The number of hydrogen-bond acceptors (Lipinski definition) is 3. The van der Waals surface area contributed by atoms with Crippen molar-refractivity contribution >= 4 is 18.3 Å². The van der Waals surface area contributed by atoms with Crippen LogP contribution in [0.1, 0.15) is 49.4 Å². The molecule has 2 aliphatic carbocycles. The van der Waals surface area contributed by atoms with Gasteiger partial charge in [-0.15, -0.1) is 12.4 Å². The van der Waals surface area contributed by atoms with Crippen LogP contribution in [0.2, 0.25) is 0 Å². The Hall–Kier alpha value is -1.07. The number of rotatable bonds is 2. The molecule has 2 aliphatic rings. The van der Waals surface area contributed by atoms with Crippen LogP contribution >= 0.6 is 12.4 Å². The van der Waals surface area contributed by atoms with Crippen molar-refractivity contribution in [2.45, 2.75) is 50.6 Å². The van der Waals surface area contributed by atoms with Gasteiger partial charge in [-0.2, -0.15) is 5.10 Å². The Bertz CT molecular complexity index is 448. The summed E-state index contributed by atoms with van der Waals surface area (Å²) in [5.74, 6) is 0.267. The Labute approximate surface area is 119 Å². The van der Waals surface area contributed by atoms with Crippen LogP contribution < -0.4 is 11.1 Å². The zero-order valence-electron chi connectivity index (χ0n) is 10.9. The molecule has 3 unspecified atom stereocenters. The van der Waals surface area contributed by atoms with Gasteiger partial charge in [-0.1, -0.05) is 0 Å². The number of nitrogens with two attached hydrogens (primary N) is 1. The molecule has 0 saturated heterocycles. The monoisotopic (exact) mass is 284 g/mol. The normalized spacial score (nSPS) is 29.4. The largest absolute Gasteiger partial charge is 0.348 e. The number of aromatic nitrogens is 2. The van der Waals surface area contributed by atoms with E-state index in [2.05, 4.69) is 15.5 Å². The van der Waals surface area contributed by atoms with Crippen molar-refractivity contribution in [1.29, 1.82) is 0 Å². The molecule has 4 N–H and O–H groups in total. The zero-order valence-corrected chi connectivity index (χ0v) is 11.7. The zero-order chi connectivity index (χ0) is 12.5. The lowest BCUT2D eigenvalue weighted by atomic mass is 9.93. The van der Waals surface area contributed by atoms with Gasteiger partial charge < -0.3 is 11.1 Å². The maximum absolute atomic E-state index is 12.2. The molecular formula is C13H21ClN4O. The SMILES string of the molecule is Cl.NC1CCC(C(=O)NC2CCCc3cn[nH]c32)C1. The summed E-state index contributed by atoms with van der Waals surface area (Å²) in [5.41, 5.74) is 8.20. The van der Waals surface area contributed by atoms with E-state index in [0.717, 1.165) is 44.2 Å². The fraction of sp³-hybridized carbons (Fsp3) is 0.692. The van der Waals surface area contributed by atoms with Gasteiger partial charge in [0.15, 0.2) is 0 Å². The van der Waals surface area contributed by atoms with Gasteiger partial charge in [0.25, 0.3) is 0 Å². The molecule has 1 amide bonds. The summed E-state index contributed by atoms with van der Waals surface area (Å²) in [4.78, 5) is 12.2. The Morgan fingerprint density at radius 1 is 1.42 bits per heavy atom. The second-order valence-electron chi connectivity index (χ2n) is 5.53. The standard InChI is InChI=1S/C13H20N4O.ClH/c14-10-5-4-8(6-10)13(18)16-11-3-1-2-9-7-15-17-12(9)11;/h7-8,10-11H,1-6,14H2,(H,15,17)(H,16,18);1H. The molecule has 0 radical (unpaired) electrons. The maximum Gasteiger partial charge on any atom is 0.223 e. The van der Waals surface area contributed by atoms with Gasteiger partial charge in [-0.25, -0.2) is 0 Å². The Morgan fingerprint density at radius 3 is 3.00 bits per heavy atom. The third-order valence-electron chi connectivity index (χ3n) is 4.20. The first kappa shape index (κ1) is 14.3. The van der Waals surface area contributed by atoms with E-state index in [4.69, 9.17) is 5.73 Å². The smallest absolute Gasteiger partial charge is 0.223 e. The summed E-state index contributed by atoms with van der Waals surface area (Å²) in [6, 6.07) is 0.315. The molecule has 1 fully saturated rings. The van der Waals surface area contributed by atoms with Crippen molar-refractivity contribution in [2.75, 3.05) is 0 Å². The summed E-state index contributed by atoms with van der Waals surface area (Å²) in [6.45, 7) is 0. The summed E-state index contributed by atoms with van der Waals surface area (Å²) in [6.07, 6.45) is 7.77. The van der Waals surface area contributed by atoms with Gasteiger partial charge in [0, 0.05) is 12.0 Å². The minimum atomic E-state index is 0. The van der Waals surface area contributed by atoms with Crippen molar-refractivity contribution in [1.82, 2.24) is 15.5 Å². The molecule has 1 saturated carbocycles. The lowest BCUT2D eigenvalue weighted by Gasteiger charge is -2.24. The number of nitrogens with one attached hydrogen (secondary N) is 2. The molecule has 1 heterocycles. The van der Waals surface area contributed by atoms with Crippen molar-refractivity contribution < 1.29 is 4.79 Å². The first-order valence-electron chi connectivity index (χ1n) is 6.82. The molecule has 0 bridgehead atoms. The molecule has 3 rings (SSSR count). The van der Waals surface area contributed by atoms with Gasteiger partial charge in [0.05, 0.1) is 17.9 Å². The van der Waals surface area contributed by atoms with Crippen LogP contribution in [0.25, 0.3) is 0 Å². The third kappa shape index (κ3) is 2.92. The van der Waals surface area contributed by atoms with E-state index in [1.165, 1.54) is 5.56 Å². The average Bonchev–Trinajstić information content (AvgIpc) is 2.97. The van der Waals surface area contributed by atoms with E-state index >= 15 is 0 Å². The van der Waals surface area contributed by atoms with Gasteiger partial charge in [0.1, 0.15) is 0 Å². The number of H-pyrrole nitrogens is 1. The van der Waals surface area contributed by atoms with Crippen molar-refractivity contribution in [3.8, 4) is 0 Å². The van der Waals surface area contributed by atoms with Crippen LogP contribution in [-0.4, -0.2) is 22.1 Å². The lowest BCUT2D eigenvalue weighted by molar-refractivity contribution is -0.125. The lowest BCUT2D eigenvalue weighted by Crippen LogP contribution is -2.35. The minimum absolute atomic E-state index is 0. The number of aromatic amines is 1. The average molecular weight is 285 g/mol. The summed E-state index contributed by atoms with van der Waals surface area (Å²) >= 11 is 0. The molecule has 1 aromatic heterocycles. The van der Waals surface area contributed by atoms with E-state index in [1.807, 2.05) is 6.20 Å². The molecular weight excluding hydrogens is 264 g/mol. The number of carbonyl (C=O) groups excluding carboxylic acids is 1. The molecule has 106 valence electrons. The number of amides is 1. The third-order valence-corrected chi connectivity index (χ3v) is 4.20. The van der Waals surface area contributed by atoms with Crippen LogP contribution in [0, 0.1) is 5.92 Å². The van der Waals surface area contributed by atoms with Gasteiger partial charge in [-0.05, 0) is 44.1 Å². The van der Waals surface area contributed by atoms with E-state index in [9.17, 15) is 4.79 Å². The second kappa shape index (κ2) is 5.92. The summed E-state index contributed by atoms with van der Waals surface area (Å²) in [7, 11) is 0. The number of hydrogen-bond donors (Lipinski definition) is 3. The fourth-order valence-electron chi connectivity index (χ4n) is 3.15. The number of carbonyl (C=O) groups is 1. The summed E-state index contributed by atoms with van der Waals surface area (Å²) < 4.78 is 0. The van der Waals surface area contributed by atoms with Crippen LogP contribution in [0.15, 0.2) is 6.20 Å². The highest BCUT2D eigenvalue weighted by Gasteiger charge is 2.30. The van der Waals surface area contributed by atoms with E-state index in [1.54, 1.807) is 0 Å². The molecule has 5 nitrogen and oxygen atoms in total. The molecule has 0 aliphatic heterocycles. The number of aryl methyl sites for hydroxylation is 1. The molecule has 6 heteroatoms. The van der Waals surface area contributed by atoms with Crippen molar-refractivity contribution in [3.05, 3.63) is 17.5 Å². The fourth-order valence-corrected chi connectivity index (χ4v) is 3.15. The number of fused-ring (bicyclic) bond motifs is 1. The highest BCUT2D eigenvalue weighted by atomic mass is 35.5. The predicted molar refractivity (Wildman–Crippen MR) is 75.0 cm³/mol. The van der Waals surface area contributed by atoms with E-state index in [-0.39, 0.29) is 36.3 Å². The first-order valence-corrected chi connectivity index (χ1v) is 6.82.